The van der Waals surface area contributed by atoms with Crippen LogP contribution >= 0.6 is 15.9 Å². The maximum atomic E-state index is 13.3. The number of carbonyl (C=O) groups excluding carboxylic acids is 2. The van der Waals surface area contributed by atoms with Crippen molar-refractivity contribution in [3.8, 4) is 0 Å². The highest BCUT2D eigenvalue weighted by Crippen LogP contribution is 2.16. The number of carbonyl (C=O) groups is 2. The summed E-state index contributed by atoms with van der Waals surface area (Å²) in [5.74, 6) is -1.97. The molecule has 4 N–H and O–H groups in total. The third-order valence-electron chi connectivity index (χ3n) is 2.17. The Morgan fingerprint density at radius 1 is 1.53 bits per heavy atom. The van der Waals surface area contributed by atoms with E-state index in [9.17, 15) is 14.0 Å². The summed E-state index contributed by atoms with van der Waals surface area (Å²) in [6.45, 7) is -0.292. The minimum Gasteiger partial charge on any atom is -0.381 e. The lowest BCUT2D eigenvalue weighted by Crippen LogP contribution is -2.39. The highest BCUT2D eigenvalue weighted by atomic mass is 79.9. The summed E-state index contributed by atoms with van der Waals surface area (Å²) in [5, 5.41) is 11.3. The van der Waals surface area contributed by atoms with Gasteiger partial charge >= 0.3 is 0 Å². The van der Waals surface area contributed by atoms with E-state index >= 15 is 0 Å². The van der Waals surface area contributed by atoms with E-state index in [1.165, 1.54) is 24.3 Å². The van der Waals surface area contributed by atoms with E-state index in [1.54, 1.807) is 0 Å². The molecule has 1 rings (SSSR count). The Balaban J connectivity index is 2.59. The van der Waals surface area contributed by atoms with Crippen molar-refractivity contribution < 1.29 is 19.1 Å². The van der Waals surface area contributed by atoms with Crippen molar-refractivity contribution in [2.24, 2.45) is 5.73 Å². The van der Waals surface area contributed by atoms with Crippen molar-refractivity contribution in [2.45, 2.75) is 6.10 Å². The third kappa shape index (κ3) is 5.19. The van der Waals surface area contributed by atoms with Crippen LogP contribution in [0.15, 0.2) is 28.7 Å². The summed E-state index contributed by atoms with van der Waals surface area (Å²) < 4.78 is 14.0. The summed E-state index contributed by atoms with van der Waals surface area (Å²) in [4.78, 5) is 21.9. The fourth-order valence-electron chi connectivity index (χ4n) is 1.16. The van der Waals surface area contributed by atoms with E-state index in [0.717, 1.165) is 6.08 Å². The van der Waals surface area contributed by atoms with Crippen molar-refractivity contribution in [3.63, 3.8) is 0 Å². The van der Waals surface area contributed by atoms with Gasteiger partial charge in [-0.2, -0.15) is 0 Å². The minimum atomic E-state index is -1.44. The molecular weight excluding hydrogens is 319 g/mol. The van der Waals surface area contributed by atoms with Gasteiger partial charge in [0.2, 0.25) is 11.8 Å². The number of benzene rings is 1. The van der Waals surface area contributed by atoms with Crippen LogP contribution in [-0.4, -0.2) is 29.6 Å². The maximum absolute atomic E-state index is 13.3. The van der Waals surface area contributed by atoms with Crippen molar-refractivity contribution in [3.05, 3.63) is 40.1 Å². The average Bonchev–Trinajstić information content (AvgIpc) is 2.36. The molecule has 1 atom stereocenters. The van der Waals surface area contributed by atoms with E-state index in [1.807, 2.05) is 0 Å². The number of rotatable bonds is 5. The molecule has 0 aliphatic carbocycles. The lowest BCUT2D eigenvalue weighted by Gasteiger charge is -2.06. The van der Waals surface area contributed by atoms with E-state index in [-0.39, 0.29) is 12.1 Å². The molecule has 1 aromatic rings. The third-order valence-corrected chi connectivity index (χ3v) is 2.66. The number of halogens is 2. The van der Waals surface area contributed by atoms with Gasteiger partial charge in [-0.05, 0) is 24.3 Å². The summed E-state index contributed by atoms with van der Waals surface area (Å²) in [6.07, 6.45) is 0.935. The van der Waals surface area contributed by atoms with Crippen LogP contribution in [0.3, 0.4) is 0 Å². The number of nitrogens with two attached hydrogens (primary N) is 1. The molecular formula is C12H12BrFN2O3. The van der Waals surface area contributed by atoms with Gasteiger partial charge in [0.05, 0.1) is 6.54 Å². The summed E-state index contributed by atoms with van der Waals surface area (Å²) in [7, 11) is 0. The number of hydrogen-bond donors (Lipinski definition) is 3. The molecule has 0 aromatic heterocycles. The van der Waals surface area contributed by atoms with Gasteiger partial charge in [-0.15, -0.1) is 0 Å². The molecule has 0 saturated heterocycles. The van der Waals surface area contributed by atoms with E-state index in [0.29, 0.717) is 4.47 Å². The van der Waals surface area contributed by atoms with E-state index in [2.05, 4.69) is 21.2 Å². The molecule has 102 valence electrons. The van der Waals surface area contributed by atoms with E-state index in [4.69, 9.17) is 10.8 Å². The number of amides is 2. The van der Waals surface area contributed by atoms with Gasteiger partial charge in [0.1, 0.15) is 11.9 Å². The van der Waals surface area contributed by atoms with Crippen LogP contribution in [0.5, 0.6) is 0 Å². The Morgan fingerprint density at radius 3 is 2.84 bits per heavy atom. The van der Waals surface area contributed by atoms with Crippen molar-refractivity contribution in [2.75, 3.05) is 6.54 Å². The zero-order valence-electron chi connectivity index (χ0n) is 9.77. The monoisotopic (exact) mass is 330 g/mol. The zero-order valence-corrected chi connectivity index (χ0v) is 11.4. The predicted molar refractivity (Wildman–Crippen MR) is 71.3 cm³/mol. The first-order chi connectivity index (χ1) is 8.90. The van der Waals surface area contributed by atoms with E-state index < -0.39 is 23.7 Å². The van der Waals surface area contributed by atoms with Crippen molar-refractivity contribution in [1.29, 1.82) is 0 Å². The first kappa shape index (κ1) is 15.3. The highest BCUT2D eigenvalue weighted by molar-refractivity contribution is 9.10. The summed E-state index contributed by atoms with van der Waals surface area (Å²) in [5.41, 5.74) is 5.05. The van der Waals surface area contributed by atoms with Crippen LogP contribution in [0.2, 0.25) is 0 Å². The fraction of sp³-hybridized carbons (Fsp3) is 0.167. The molecule has 1 unspecified atom stereocenters. The maximum Gasteiger partial charge on any atom is 0.248 e. The second-order valence-corrected chi connectivity index (χ2v) is 4.58. The number of aliphatic hydroxyl groups is 1. The molecule has 7 heteroatoms. The van der Waals surface area contributed by atoms with Gasteiger partial charge in [0, 0.05) is 16.1 Å². The topological polar surface area (TPSA) is 92.4 Å². The van der Waals surface area contributed by atoms with Gasteiger partial charge in [0.25, 0.3) is 0 Å². The molecule has 0 fully saturated rings. The van der Waals surface area contributed by atoms with Crippen LogP contribution in [-0.2, 0) is 9.59 Å². The molecule has 0 spiro atoms. The number of hydrogen-bond acceptors (Lipinski definition) is 3. The fourth-order valence-corrected chi connectivity index (χ4v) is 1.54. The van der Waals surface area contributed by atoms with Gasteiger partial charge in [-0.3, -0.25) is 9.59 Å². The normalized spacial score (nSPS) is 12.4. The second-order valence-electron chi connectivity index (χ2n) is 3.66. The average molecular weight is 331 g/mol. The first-order valence-electron chi connectivity index (χ1n) is 5.28. The molecule has 0 saturated carbocycles. The molecule has 0 heterocycles. The van der Waals surface area contributed by atoms with Crippen LogP contribution in [0.25, 0.3) is 6.08 Å². The molecule has 1 aromatic carbocycles. The smallest absolute Gasteiger partial charge is 0.248 e. The predicted octanol–water partition coefficient (Wildman–Crippen LogP) is 0.564. The lowest BCUT2D eigenvalue weighted by molar-refractivity contribution is -0.126. The lowest BCUT2D eigenvalue weighted by atomic mass is 10.2. The molecule has 19 heavy (non-hydrogen) atoms. The SMILES string of the molecule is NC(=O)C(O)CNC(=O)/C=C/c1cc(Br)ccc1F. The molecule has 2 amide bonds. The molecule has 0 bridgehead atoms. The largest absolute Gasteiger partial charge is 0.381 e. The molecule has 5 nitrogen and oxygen atoms in total. The van der Waals surface area contributed by atoms with Crippen LogP contribution in [0.4, 0.5) is 4.39 Å². The Morgan fingerprint density at radius 2 is 2.21 bits per heavy atom. The quantitative estimate of drug-likeness (QED) is 0.689. The second kappa shape index (κ2) is 7.01. The van der Waals surface area contributed by atoms with Gasteiger partial charge in [-0.1, -0.05) is 15.9 Å². The standard InChI is InChI=1S/C12H12BrFN2O3/c13-8-2-3-9(14)7(5-8)1-4-11(18)16-6-10(17)12(15)19/h1-5,10,17H,6H2,(H2,15,19)(H,16,18)/b4-1+. The Bertz CT molecular complexity index is 520. The highest BCUT2D eigenvalue weighted by Gasteiger charge is 2.10. The van der Waals surface area contributed by atoms with Crippen LogP contribution in [0.1, 0.15) is 5.56 Å². The van der Waals surface area contributed by atoms with Crippen molar-refractivity contribution in [1.82, 2.24) is 5.32 Å². The van der Waals surface area contributed by atoms with Crippen LogP contribution < -0.4 is 11.1 Å². The first-order valence-corrected chi connectivity index (χ1v) is 6.08. The molecule has 0 radical (unpaired) electrons. The van der Waals surface area contributed by atoms with Crippen LogP contribution in [0, 0.1) is 5.82 Å². The van der Waals surface area contributed by atoms with Crippen molar-refractivity contribution >= 4 is 33.8 Å². The Hall–Kier alpha value is -1.73. The van der Waals surface area contributed by atoms with Gasteiger partial charge in [-0.25, -0.2) is 4.39 Å². The number of aliphatic hydroxyl groups excluding tert-OH is 1. The minimum absolute atomic E-state index is 0.236. The Kier molecular flexibility index (Phi) is 5.65. The summed E-state index contributed by atoms with van der Waals surface area (Å²) >= 11 is 3.18. The Labute approximate surface area is 117 Å². The van der Waals surface area contributed by atoms with Gasteiger partial charge in [0.15, 0.2) is 0 Å². The number of nitrogens with one attached hydrogen (secondary N) is 1. The summed E-state index contributed by atoms with van der Waals surface area (Å²) in [6, 6.07) is 4.31. The molecule has 0 aliphatic rings. The zero-order chi connectivity index (χ0) is 14.4. The number of primary amides is 1. The van der Waals surface area contributed by atoms with Gasteiger partial charge < -0.3 is 16.2 Å². The molecule has 0 aliphatic heterocycles.